The lowest BCUT2D eigenvalue weighted by molar-refractivity contribution is -0.138. The van der Waals surface area contributed by atoms with Crippen LogP contribution in [0.15, 0.2) is 0 Å². The van der Waals surface area contributed by atoms with Crippen LogP contribution < -0.4 is 11.1 Å². The molecule has 7 nitrogen and oxygen atoms in total. The molecule has 3 amide bonds. The fourth-order valence-electron chi connectivity index (χ4n) is 2.12. The average molecular weight is 285 g/mol. The Kier molecular flexibility index (Phi) is 4.97. The Morgan fingerprint density at radius 3 is 2.45 bits per heavy atom. The highest BCUT2D eigenvalue weighted by Crippen LogP contribution is 2.18. The van der Waals surface area contributed by atoms with Crippen LogP contribution in [0.3, 0.4) is 0 Å². The Morgan fingerprint density at radius 2 is 1.95 bits per heavy atom. The summed E-state index contributed by atoms with van der Waals surface area (Å²) in [5, 5.41) is 2.47. The first-order valence-corrected chi connectivity index (χ1v) is 6.71. The number of likely N-dealkylation sites (tertiary alicyclic amines) is 1. The highest BCUT2D eigenvalue weighted by molar-refractivity contribution is 5.91. The molecule has 0 spiro atoms. The van der Waals surface area contributed by atoms with Crippen molar-refractivity contribution in [1.82, 2.24) is 10.2 Å². The third kappa shape index (κ3) is 4.40. The van der Waals surface area contributed by atoms with Gasteiger partial charge in [-0.3, -0.25) is 9.59 Å². The zero-order valence-electron chi connectivity index (χ0n) is 12.4. The van der Waals surface area contributed by atoms with E-state index < -0.39 is 29.7 Å². The summed E-state index contributed by atoms with van der Waals surface area (Å²) in [6.07, 6.45) is 0.645. The van der Waals surface area contributed by atoms with E-state index in [-0.39, 0.29) is 5.91 Å². The van der Waals surface area contributed by atoms with E-state index in [1.807, 2.05) is 0 Å². The molecule has 3 N–H and O–H groups in total. The molecule has 1 aliphatic heterocycles. The number of carbonyl (C=O) groups is 3. The summed E-state index contributed by atoms with van der Waals surface area (Å²) in [4.78, 5) is 36.5. The maximum Gasteiger partial charge on any atom is 0.408 e. The van der Waals surface area contributed by atoms with Crippen LogP contribution in [0.1, 0.15) is 40.5 Å². The van der Waals surface area contributed by atoms with Crippen LogP contribution in [0.4, 0.5) is 4.79 Å². The molecule has 0 aromatic heterocycles. The topological polar surface area (TPSA) is 102 Å². The minimum atomic E-state index is -0.759. The summed E-state index contributed by atoms with van der Waals surface area (Å²) in [5.74, 6) is -0.836. The molecular formula is C13H23N3O4. The highest BCUT2D eigenvalue weighted by Gasteiger charge is 2.35. The lowest BCUT2D eigenvalue weighted by atomic mass is 10.2. The summed E-state index contributed by atoms with van der Waals surface area (Å²) >= 11 is 0. The van der Waals surface area contributed by atoms with Crippen molar-refractivity contribution in [3.8, 4) is 0 Å². The van der Waals surface area contributed by atoms with E-state index in [2.05, 4.69) is 5.32 Å². The van der Waals surface area contributed by atoms with E-state index in [9.17, 15) is 14.4 Å². The molecule has 0 bridgehead atoms. The second kappa shape index (κ2) is 6.11. The van der Waals surface area contributed by atoms with Gasteiger partial charge in [0.2, 0.25) is 11.8 Å². The molecule has 0 aliphatic carbocycles. The SMILES string of the molecule is CC(NC(=O)OC(C)(C)C)C(=O)N1CCC[C@H]1C(N)=O. The van der Waals surface area contributed by atoms with Crippen molar-refractivity contribution >= 4 is 17.9 Å². The molecule has 1 fully saturated rings. The van der Waals surface area contributed by atoms with E-state index in [1.54, 1.807) is 27.7 Å². The number of nitrogens with one attached hydrogen (secondary N) is 1. The van der Waals surface area contributed by atoms with Crippen molar-refractivity contribution in [1.29, 1.82) is 0 Å². The molecule has 0 aromatic carbocycles. The molecule has 0 radical (unpaired) electrons. The van der Waals surface area contributed by atoms with E-state index >= 15 is 0 Å². The molecule has 0 saturated carbocycles. The van der Waals surface area contributed by atoms with E-state index in [0.717, 1.165) is 6.42 Å². The number of hydrogen-bond donors (Lipinski definition) is 2. The van der Waals surface area contributed by atoms with E-state index in [0.29, 0.717) is 13.0 Å². The molecule has 1 heterocycles. The number of amides is 3. The van der Waals surface area contributed by atoms with Crippen LogP contribution >= 0.6 is 0 Å². The van der Waals surface area contributed by atoms with Crippen molar-refractivity contribution in [3.05, 3.63) is 0 Å². The Balaban J connectivity index is 2.59. The minimum absolute atomic E-state index is 0.322. The number of carbonyl (C=O) groups excluding carboxylic acids is 3. The summed E-state index contributed by atoms with van der Waals surface area (Å²) in [5.41, 5.74) is 4.64. The molecule has 7 heteroatoms. The average Bonchev–Trinajstić information content (AvgIpc) is 2.73. The van der Waals surface area contributed by atoms with Crippen molar-refractivity contribution < 1.29 is 19.1 Å². The van der Waals surface area contributed by atoms with E-state index in [1.165, 1.54) is 4.90 Å². The molecule has 1 rings (SSSR count). The third-order valence-corrected chi connectivity index (χ3v) is 2.97. The molecule has 0 aromatic rings. The number of ether oxygens (including phenoxy) is 1. The van der Waals surface area contributed by atoms with Crippen LogP contribution in [0, 0.1) is 0 Å². The zero-order valence-corrected chi connectivity index (χ0v) is 12.4. The number of rotatable bonds is 3. The number of nitrogens with zero attached hydrogens (tertiary/aromatic N) is 1. The number of hydrogen-bond acceptors (Lipinski definition) is 4. The fourth-order valence-corrected chi connectivity index (χ4v) is 2.12. The standard InChI is InChI=1S/C13H23N3O4/c1-8(15-12(19)20-13(2,3)4)11(18)16-7-5-6-9(16)10(14)17/h8-9H,5-7H2,1-4H3,(H2,14,17)(H,15,19)/t8?,9-/m0/s1. The van der Waals surface area contributed by atoms with Crippen LogP contribution in [-0.2, 0) is 14.3 Å². The van der Waals surface area contributed by atoms with Crippen LogP contribution in [0.25, 0.3) is 0 Å². The first kappa shape index (κ1) is 16.3. The van der Waals surface area contributed by atoms with Crippen molar-refractivity contribution in [2.45, 2.75) is 58.2 Å². The van der Waals surface area contributed by atoms with Gasteiger partial charge in [0.25, 0.3) is 0 Å². The summed E-state index contributed by atoms with van der Waals surface area (Å²) in [6, 6.07) is -1.34. The maximum absolute atomic E-state index is 12.2. The van der Waals surface area contributed by atoms with Gasteiger partial charge in [0, 0.05) is 6.54 Å². The van der Waals surface area contributed by atoms with Gasteiger partial charge in [0.1, 0.15) is 17.7 Å². The van der Waals surface area contributed by atoms with Gasteiger partial charge in [0.05, 0.1) is 0 Å². The van der Waals surface area contributed by atoms with Gasteiger partial charge in [-0.25, -0.2) is 4.79 Å². The zero-order chi connectivity index (χ0) is 15.5. The smallest absolute Gasteiger partial charge is 0.408 e. The number of primary amides is 1. The van der Waals surface area contributed by atoms with Gasteiger partial charge in [0.15, 0.2) is 0 Å². The van der Waals surface area contributed by atoms with Gasteiger partial charge < -0.3 is 20.7 Å². The molecule has 2 atom stereocenters. The normalized spacial score (nSPS) is 20.4. The van der Waals surface area contributed by atoms with E-state index in [4.69, 9.17) is 10.5 Å². The molecule has 114 valence electrons. The number of nitrogens with two attached hydrogens (primary N) is 1. The summed E-state index contributed by atoms with van der Waals surface area (Å²) in [7, 11) is 0. The quantitative estimate of drug-likeness (QED) is 0.782. The summed E-state index contributed by atoms with van der Waals surface area (Å²) in [6.45, 7) is 7.25. The lowest BCUT2D eigenvalue weighted by Crippen LogP contribution is -2.52. The van der Waals surface area contributed by atoms with Crippen LogP contribution in [-0.4, -0.2) is 47.0 Å². The largest absolute Gasteiger partial charge is 0.444 e. The molecule has 20 heavy (non-hydrogen) atoms. The Bertz CT molecular complexity index is 403. The predicted molar refractivity (Wildman–Crippen MR) is 72.8 cm³/mol. The summed E-state index contributed by atoms with van der Waals surface area (Å²) < 4.78 is 5.08. The number of alkyl carbamates (subject to hydrolysis) is 1. The molecule has 1 aliphatic rings. The monoisotopic (exact) mass is 285 g/mol. The van der Waals surface area contributed by atoms with Gasteiger partial charge in [-0.05, 0) is 40.5 Å². The second-order valence-corrected chi connectivity index (χ2v) is 5.96. The molecule has 1 saturated heterocycles. The van der Waals surface area contributed by atoms with Gasteiger partial charge >= 0.3 is 6.09 Å². The van der Waals surface area contributed by atoms with Gasteiger partial charge in [-0.1, -0.05) is 0 Å². The Morgan fingerprint density at radius 1 is 1.35 bits per heavy atom. The molecular weight excluding hydrogens is 262 g/mol. The second-order valence-electron chi connectivity index (χ2n) is 5.96. The minimum Gasteiger partial charge on any atom is -0.444 e. The van der Waals surface area contributed by atoms with Crippen molar-refractivity contribution in [2.75, 3.05) is 6.54 Å². The maximum atomic E-state index is 12.2. The van der Waals surface area contributed by atoms with Gasteiger partial charge in [-0.15, -0.1) is 0 Å². The predicted octanol–water partition coefficient (Wildman–Crippen LogP) is 0.376. The van der Waals surface area contributed by atoms with Crippen LogP contribution in [0.5, 0.6) is 0 Å². The first-order valence-electron chi connectivity index (χ1n) is 6.71. The first-order chi connectivity index (χ1) is 9.11. The Hall–Kier alpha value is -1.79. The third-order valence-electron chi connectivity index (χ3n) is 2.97. The Labute approximate surface area is 118 Å². The highest BCUT2D eigenvalue weighted by atomic mass is 16.6. The van der Waals surface area contributed by atoms with Crippen molar-refractivity contribution in [3.63, 3.8) is 0 Å². The van der Waals surface area contributed by atoms with Gasteiger partial charge in [-0.2, -0.15) is 0 Å². The van der Waals surface area contributed by atoms with Crippen LogP contribution in [0.2, 0.25) is 0 Å². The lowest BCUT2D eigenvalue weighted by Gasteiger charge is -2.27. The van der Waals surface area contributed by atoms with Crippen molar-refractivity contribution in [2.24, 2.45) is 5.73 Å². The molecule has 1 unspecified atom stereocenters. The fraction of sp³-hybridized carbons (Fsp3) is 0.769.